The van der Waals surface area contributed by atoms with Gasteiger partial charge in [0.25, 0.3) is 11.8 Å². The van der Waals surface area contributed by atoms with Crippen LogP contribution in [0.25, 0.3) is 10.9 Å². The number of aromatic nitrogens is 1. The maximum absolute atomic E-state index is 14.2. The average molecular weight is 650 g/mol. The second-order valence-electron chi connectivity index (χ2n) is 12.5. The summed E-state index contributed by atoms with van der Waals surface area (Å²) in [6, 6.07) is 12.8. The highest BCUT2D eigenvalue weighted by Gasteiger charge is 2.49. The van der Waals surface area contributed by atoms with Gasteiger partial charge in [-0.1, -0.05) is 49.2 Å². The van der Waals surface area contributed by atoms with E-state index in [2.05, 4.69) is 25.7 Å². The quantitative estimate of drug-likeness (QED) is 0.234. The molecular formula is C34H37F2N5O6. The van der Waals surface area contributed by atoms with Crippen LogP contribution in [-0.2, 0) is 25.7 Å². The van der Waals surface area contributed by atoms with E-state index in [0.29, 0.717) is 36.8 Å². The summed E-state index contributed by atoms with van der Waals surface area (Å²) >= 11 is 0. The normalized spacial score (nSPS) is 22.9. The SMILES string of the molecule is O=C(NCc1ccccc1)C(=O)[C@H](CC1CCNC1=O)NC(=O)[C@@H]1[C@H]2CCCCC2CN1C(=O)c1cc2c(OC(F)F)cccc2[nH]1. The van der Waals surface area contributed by atoms with Gasteiger partial charge in [0.05, 0.1) is 6.04 Å². The first-order valence-electron chi connectivity index (χ1n) is 16.0. The molecule has 3 heterocycles. The highest BCUT2D eigenvalue weighted by Crippen LogP contribution is 2.41. The van der Waals surface area contributed by atoms with Crippen LogP contribution in [0, 0.1) is 17.8 Å². The molecule has 0 radical (unpaired) electrons. The van der Waals surface area contributed by atoms with Gasteiger partial charge in [0.15, 0.2) is 0 Å². The van der Waals surface area contributed by atoms with Crippen molar-refractivity contribution in [3.8, 4) is 5.75 Å². The number of likely N-dealkylation sites (tertiary alicyclic amines) is 1. The highest BCUT2D eigenvalue weighted by molar-refractivity contribution is 6.38. The number of H-pyrrole nitrogens is 1. The van der Waals surface area contributed by atoms with Crippen LogP contribution in [0.2, 0.25) is 0 Å². The van der Waals surface area contributed by atoms with E-state index in [0.717, 1.165) is 24.8 Å². The number of rotatable bonds is 11. The lowest BCUT2D eigenvalue weighted by atomic mass is 9.78. The van der Waals surface area contributed by atoms with E-state index in [4.69, 9.17) is 0 Å². The number of ketones is 1. The molecule has 2 aliphatic heterocycles. The standard InChI is InChI=1S/C34H37F2N5O6/c35-34(36)47-27-12-6-11-24-23(27)16-26(39-24)33(46)41-18-21-9-4-5-10-22(21)28(41)31(44)40-25(15-20-13-14-37-30(20)43)29(42)32(45)38-17-19-7-2-1-3-8-19/h1-3,6-8,11-12,16,20-22,25,28,34,39H,4-5,9-10,13-15,17-18H2,(H,37,43)(H,38,45)(H,40,44)/t20?,21?,22-,25-,28-/m0/s1. The molecule has 1 saturated carbocycles. The van der Waals surface area contributed by atoms with Gasteiger partial charge in [-0.25, -0.2) is 0 Å². The van der Waals surface area contributed by atoms with Crippen LogP contribution in [0.1, 0.15) is 54.6 Å². The number of alkyl halides is 2. The average Bonchev–Trinajstić information content (AvgIpc) is 3.80. The summed E-state index contributed by atoms with van der Waals surface area (Å²) in [7, 11) is 0. The van der Waals surface area contributed by atoms with Gasteiger partial charge in [-0.05, 0) is 61.3 Å². The smallest absolute Gasteiger partial charge is 0.387 e. The molecule has 3 aliphatic rings. The number of hydrogen-bond donors (Lipinski definition) is 4. The van der Waals surface area contributed by atoms with Gasteiger partial charge in [0, 0.05) is 36.5 Å². The molecule has 2 saturated heterocycles. The monoisotopic (exact) mass is 649 g/mol. The molecule has 3 fully saturated rings. The molecule has 3 aromatic rings. The molecule has 2 unspecified atom stereocenters. The molecule has 4 N–H and O–H groups in total. The summed E-state index contributed by atoms with van der Waals surface area (Å²) in [5, 5.41) is 8.42. The van der Waals surface area contributed by atoms with E-state index in [-0.39, 0.29) is 42.2 Å². The largest absolute Gasteiger partial charge is 0.434 e. The molecule has 2 aromatic carbocycles. The Bertz CT molecular complexity index is 1660. The van der Waals surface area contributed by atoms with Crippen molar-refractivity contribution in [2.45, 2.75) is 63.8 Å². The van der Waals surface area contributed by atoms with Crippen molar-refractivity contribution in [2.24, 2.45) is 17.8 Å². The van der Waals surface area contributed by atoms with Crippen molar-refractivity contribution >= 4 is 40.3 Å². The van der Waals surface area contributed by atoms with Crippen LogP contribution in [0.3, 0.4) is 0 Å². The Hall–Kier alpha value is -4.81. The van der Waals surface area contributed by atoms with Gasteiger partial charge in [0.1, 0.15) is 17.5 Å². The van der Waals surface area contributed by atoms with E-state index in [1.165, 1.54) is 23.1 Å². The van der Waals surface area contributed by atoms with Gasteiger partial charge < -0.3 is 30.6 Å². The lowest BCUT2D eigenvalue weighted by Gasteiger charge is -2.31. The minimum Gasteiger partial charge on any atom is -0.434 e. The van der Waals surface area contributed by atoms with E-state index < -0.39 is 48.1 Å². The third-order valence-corrected chi connectivity index (χ3v) is 9.58. The summed E-state index contributed by atoms with van der Waals surface area (Å²) in [6.45, 7) is -2.20. The first-order valence-corrected chi connectivity index (χ1v) is 16.0. The van der Waals surface area contributed by atoms with Gasteiger partial charge >= 0.3 is 6.61 Å². The molecule has 0 bridgehead atoms. The number of ether oxygens (including phenoxy) is 1. The Kier molecular flexibility index (Phi) is 9.50. The summed E-state index contributed by atoms with van der Waals surface area (Å²) in [6.07, 6.45) is 3.76. The number of carbonyl (C=O) groups excluding carboxylic acids is 5. The summed E-state index contributed by atoms with van der Waals surface area (Å²) < 4.78 is 30.7. The zero-order valence-corrected chi connectivity index (χ0v) is 25.7. The number of nitrogens with one attached hydrogen (secondary N) is 4. The molecule has 6 rings (SSSR count). The van der Waals surface area contributed by atoms with E-state index in [1.807, 2.05) is 18.2 Å². The van der Waals surface area contributed by atoms with Gasteiger partial charge in [-0.2, -0.15) is 8.78 Å². The molecule has 47 heavy (non-hydrogen) atoms. The van der Waals surface area contributed by atoms with Gasteiger partial charge in [0.2, 0.25) is 17.6 Å². The molecule has 4 amide bonds. The number of aromatic amines is 1. The van der Waals surface area contributed by atoms with Crippen molar-refractivity contribution in [3.63, 3.8) is 0 Å². The first kappa shape index (κ1) is 32.1. The Morgan fingerprint density at radius 1 is 1.00 bits per heavy atom. The number of amides is 4. The van der Waals surface area contributed by atoms with Gasteiger partial charge in [-0.15, -0.1) is 0 Å². The summed E-state index contributed by atoms with van der Waals surface area (Å²) in [5.41, 5.74) is 1.32. The minimum atomic E-state index is -3.05. The van der Waals surface area contributed by atoms with Crippen LogP contribution in [0.15, 0.2) is 54.6 Å². The lowest BCUT2D eigenvalue weighted by Crippen LogP contribution is -2.55. The maximum Gasteiger partial charge on any atom is 0.387 e. The number of nitrogens with zero attached hydrogens (tertiary/aromatic N) is 1. The molecule has 11 nitrogen and oxygen atoms in total. The van der Waals surface area contributed by atoms with Crippen molar-refractivity contribution in [3.05, 3.63) is 65.9 Å². The van der Waals surface area contributed by atoms with E-state index in [1.54, 1.807) is 18.2 Å². The summed E-state index contributed by atoms with van der Waals surface area (Å²) in [5.74, 6) is -3.83. The van der Waals surface area contributed by atoms with Crippen LogP contribution in [0.4, 0.5) is 8.78 Å². The first-order chi connectivity index (χ1) is 22.7. The van der Waals surface area contributed by atoms with Gasteiger partial charge in [-0.3, -0.25) is 24.0 Å². The Morgan fingerprint density at radius 3 is 2.53 bits per heavy atom. The van der Waals surface area contributed by atoms with Crippen molar-refractivity contribution in [2.75, 3.05) is 13.1 Å². The number of carbonyl (C=O) groups is 5. The molecule has 13 heteroatoms. The second kappa shape index (κ2) is 13.9. The number of hydrogen-bond acceptors (Lipinski definition) is 6. The fraction of sp³-hybridized carbons (Fsp3) is 0.441. The predicted octanol–water partition coefficient (Wildman–Crippen LogP) is 3.30. The number of halogens is 2. The minimum absolute atomic E-state index is 0.0505. The topological polar surface area (TPSA) is 150 Å². The Balaban J connectivity index is 1.24. The van der Waals surface area contributed by atoms with Crippen molar-refractivity contribution in [1.82, 2.24) is 25.8 Å². The summed E-state index contributed by atoms with van der Waals surface area (Å²) in [4.78, 5) is 71.7. The van der Waals surface area contributed by atoms with Crippen LogP contribution >= 0.6 is 0 Å². The van der Waals surface area contributed by atoms with Crippen molar-refractivity contribution < 1.29 is 37.5 Å². The predicted molar refractivity (Wildman–Crippen MR) is 166 cm³/mol. The third-order valence-electron chi connectivity index (χ3n) is 9.58. The van der Waals surface area contributed by atoms with Crippen molar-refractivity contribution in [1.29, 1.82) is 0 Å². The third kappa shape index (κ3) is 6.98. The lowest BCUT2D eigenvalue weighted by molar-refractivity contribution is -0.141. The van der Waals surface area contributed by atoms with Crippen LogP contribution in [0.5, 0.6) is 5.75 Å². The molecule has 5 atom stereocenters. The maximum atomic E-state index is 14.2. The van der Waals surface area contributed by atoms with E-state index in [9.17, 15) is 32.8 Å². The van der Waals surface area contributed by atoms with Crippen LogP contribution in [-0.4, -0.2) is 71.1 Å². The zero-order chi connectivity index (χ0) is 33.1. The van der Waals surface area contributed by atoms with Crippen LogP contribution < -0.4 is 20.7 Å². The number of fused-ring (bicyclic) bond motifs is 2. The molecule has 248 valence electrons. The molecule has 1 aliphatic carbocycles. The second-order valence-corrected chi connectivity index (χ2v) is 12.5. The fourth-order valence-electron chi connectivity index (χ4n) is 7.28. The number of Topliss-reactive ketones (excluding diaryl/α,β-unsaturated/α-hetero) is 1. The Labute approximate surface area is 269 Å². The zero-order valence-electron chi connectivity index (χ0n) is 25.7. The number of benzene rings is 2. The fourth-order valence-corrected chi connectivity index (χ4v) is 7.28. The highest BCUT2D eigenvalue weighted by atomic mass is 19.3. The Morgan fingerprint density at radius 2 is 1.79 bits per heavy atom. The molecule has 0 spiro atoms. The molecule has 1 aromatic heterocycles. The van der Waals surface area contributed by atoms with E-state index >= 15 is 0 Å². The molecular weight excluding hydrogens is 612 g/mol.